The van der Waals surface area contributed by atoms with Gasteiger partial charge < -0.3 is 19.8 Å². The standard InChI is InChI=1S/C20H35N5O2.HI/c1-4-21-19(22-15-20(3)8-6-5-7-18(20)26)25-11-9-24(10-12-25)14-17-13-16(2)27-23-17;/h13,18,26H,4-12,14-15H2,1-3H3,(H,21,22);1H. The first kappa shape index (κ1) is 23.4. The number of hydrogen-bond acceptors (Lipinski definition) is 5. The summed E-state index contributed by atoms with van der Waals surface area (Å²) >= 11 is 0. The minimum Gasteiger partial charge on any atom is -0.392 e. The van der Waals surface area contributed by atoms with Crippen LogP contribution in [0.5, 0.6) is 0 Å². The summed E-state index contributed by atoms with van der Waals surface area (Å²) in [6, 6.07) is 2.01. The van der Waals surface area contributed by atoms with Gasteiger partial charge in [0.1, 0.15) is 5.76 Å². The second-order valence-electron chi connectivity index (χ2n) is 8.28. The Balaban J connectivity index is 0.00000280. The number of aryl methyl sites for hydroxylation is 1. The maximum absolute atomic E-state index is 10.4. The highest BCUT2D eigenvalue weighted by Crippen LogP contribution is 2.36. The van der Waals surface area contributed by atoms with Crippen molar-refractivity contribution in [2.45, 2.75) is 59.1 Å². The average molecular weight is 505 g/mol. The van der Waals surface area contributed by atoms with Crippen LogP contribution in [0.1, 0.15) is 51.0 Å². The first-order chi connectivity index (χ1) is 13.0. The molecule has 0 radical (unpaired) electrons. The Morgan fingerprint density at radius 3 is 2.71 bits per heavy atom. The molecule has 0 spiro atoms. The number of nitrogens with zero attached hydrogens (tertiary/aromatic N) is 4. The lowest BCUT2D eigenvalue weighted by atomic mass is 9.73. The second-order valence-corrected chi connectivity index (χ2v) is 8.28. The average Bonchev–Trinajstić information content (AvgIpc) is 3.07. The summed E-state index contributed by atoms with van der Waals surface area (Å²) in [4.78, 5) is 9.67. The molecule has 8 heteroatoms. The van der Waals surface area contributed by atoms with Crippen molar-refractivity contribution in [1.82, 2.24) is 20.3 Å². The Bertz CT molecular complexity index is 630. The van der Waals surface area contributed by atoms with E-state index in [9.17, 15) is 5.11 Å². The number of aromatic nitrogens is 1. The summed E-state index contributed by atoms with van der Waals surface area (Å²) in [6.45, 7) is 12.5. The molecule has 2 fully saturated rings. The molecule has 1 saturated heterocycles. The van der Waals surface area contributed by atoms with Crippen LogP contribution in [0.2, 0.25) is 0 Å². The third-order valence-corrected chi connectivity index (χ3v) is 5.94. The first-order valence-electron chi connectivity index (χ1n) is 10.4. The molecule has 7 nitrogen and oxygen atoms in total. The van der Waals surface area contributed by atoms with Gasteiger partial charge in [0.2, 0.25) is 0 Å². The fraction of sp³-hybridized carbons (Fsp3) is 0.800. The van der Waals surface area contributed by atoms with Crippen molar-refractivity contribution in [3.63, 3.8) is 0 Å². The minimum atomic E-state index is -0.236. The van der Waals surface area contributed by atoms with Gasteiger partial charge in [-0.2, -0.15) is 0 Å². The lowest BCUT2D eigenvalue weighted by molar-refractivity contribution is 0.00698. The van der Waals surface area contributed by atoms with Gasteiger partial charge in [-0.25, -0.2) is 0 Å². The molecule has 3 rings (SSSR count). The van der Waals surface area contributed by atoms with Crippen molar-refractivity contribution in [3.05, 3.63) is 17.5 Å². The molecule has 2 heterocycles. The number of nitrogens with one attached hydrogen (secondary N) is 1. The van der Waals surface area contributed by atoms with Gasteiger partial charge in [-0.1, -0.05) is 24.9 Å². The quantitative estimate of drug-likeness (QED) is 0.364. The molecule has 0 aromatic carbocycles. The van der Waals surface area contributed by atoms with Crippen LogP contribution in [0.3, 0.4) is 0 Å². The van der Waals surface area contributed by atoms with E-state index in [1.54, 1.807) is 0 Å². The summed E-state index contributed by atoms with van der Waals surface area (Å²) in [7, 11) is 0. The molecule has 0 amide bonds. The fourth-order valence-electron chi connectivity index (χ4n) is 4.09. The van der Waals surface area contributed by atoms with E-state index in [1.165, 1.54) is 6.42 Å². The van der Waals surface area contributed by atoms with E-state index in [0.29, 0.717) is 6.54 Å². The molecule has 2 N–H and O–H groups in total. The highest BCUT2D eigenvalue weighted by molar-refractivity contribution is 14.0. The summed E-state index contributed by atoms with van der Waals surface area (Å²) in [5.41, 5.74) is 0.909. The zero-order valence-corrected chi connectivity index (χ0v) is 19.8. The number of aliphatic hydroxyl groups is 1. The molecule has 1 saturated carbocycles. The van der Waals surface area contributed by atoms with Crippen LogP contribution in [-0.2, 0) is 6.54 Å². The molecule has 1 aliphatic heterocycles. The van der Waals surface area contributed by atoms with E-state index in [4.69, 9.17) is 9.52 Å². The third-order valence-electron chi connectivity index (χ3n) is 5.94. The van der Waals surface area contributed by atoms with E-state index < -0.39 is 0 Å². The number of aliphatic hydroxyl groups excluding tert-OH is 1. The van der Waals surface area contributed by atoms with E-state index in [1.807, 2.05) is 13.0 Å². The second kappa shape index (κ2) is 10.8. The van der Waals surface area contributed by atoms with Crippen LogP contribution in [-0.4, -0.2) is 71.4 Å². The van der Waals surface area contributed by atoms with E-state index in [0.717, 1.165) is 75.9 Å². The maximum atomic E-state index is 10.4. The Morgan fingerprint density at radius 2 is 2.11 bits per heavy atom. The van der Waals surface area contributed by atoms with Gasteiger partial charge in [-0.3, -0.25) is 9.89 Å². The van der Waals surface area contributed by atoms with Crippen molar-refractivity contribution < 1.29 is 9.63 Å². The molecule has 1 aromatic rings. The summed E-state index contributed by atoms with van der Waals surface area (Å²) in [5.74, 6) is 1.84. The van der Waals surface area contributed by atoms with Crippen molar-refractivity contribution in [2.24, 2.45) is 10.4 Å². The van der Waals surface area contributed by atoms with Gasteiger partial charge in [0.25, 0.3) is 0 Å². The monoisotopic (exact) mass is 505 g/mol. The molecule has 160 valence electrons. The topological polar surface area (TPSA) is 77.1 Å². The Kier molecular flexibility index (Phi) is 9.01. The molecule has 1 aromatic heterocycles. The van der Waals surface area contributed by atoms with E-state index >= 15 is 0 Å². The van der Waals surface area contributed by atoms with Gasteiger partial charge in [0, 0.05) is 50.7 Å². The number of hydrogen-bond donors (Lipinski definition) is 2. The smallest absolute Gasteiger partial charge is 0.194 e. The van der Waals surface area contributed by atoms with Crippen LogP contribution in [0, 0.1) is 12.3 Å². The van der Waals surface area contributed by atoms with Crippen LogP contribution in [0.4, 0.5) is 0 Å². The Hall–Kier alpha value is -0.870. The number of rotatable bonds is 5. The summed E-state index contributed by atoms with van der Waals surface area (Å²) in [6.07, 6.45) is 4.05. The largest absolute Gasteiger partial charge is 0.392 e. The fourth-order valence-corrected chi connectivity index (χ4v) is 4.09. The molecule has 0 bridgehead atoms. The number of guanidine groups is 1. The zero-order chi connectivity index (χ0) is 19.3. The van der Waals surface area contributed by atoms with Gasteiger partial charge in [0.15, 0.2) is 5.96 Å². The van der Waals surface area contributed by atoms with E-state index in [-0.39, 0.29) is 35.5 Å². The summed E-state index contributed by atoms with van der Waals surface area (Å²) < 4.78 is 5.17. The maximum Gasteiger partial charge on any atom is 0.194 e. The van der Waals surface area contributed by atoms with Crippen LogP contribution >= 0.6 is 24.0 Å². The van der Waals surface area contributed by atoms with Crippen LogP contribution in [0.25, 0.3) is 0 Å². The molecule has 1 aliphatic carbocycles. The minimum absolute atomic E-state index is 0. The Morgan fingerprint density at radius 1 is 1.36 bits per heavy atom. The third kappa shape index (κ3) is 6.06. The lowest BCUT2D eigenvalue weighted by Crippen LogP contribution is -2.52. The van der Waals surface area contributed by atoms with Crippen LogP contribution < -0.4 is 5.32 Å². The van der Waals surface area contributed by atoms with Gasteiger partial charge in [-0.05, 0) is 26.7 Å². The highest BCUT2D eigenvalue weighted by atomic mass is 127. The first-order valence-corrected chi connectivity index (χ1v) is 10.4. The predicted octanol–water partition coefficient (Wildman–Crippen LogP) is 2.63. The lowest BCUT2D eigenvalue weighted by Gasteiger charge is -2.39. The highest BCUT2D eigenvalue weighted by Gasteiger charge is 2.35. The Labute approximate surface area is 185 Å². The van der Waals surface area contributed by atoms with Gasteiger partial charge in [-0.15, -0.1) is 24.0 Å². The van der Waals surface area contributed by atoms with Crippen LogP contribution in [0.15, 0.2) is 15.6 Å². The molecule has 2 aliphatic rings. The molecule has 2 unspecified atom stereocenters. The molecular weight excluding hydrogens is 469 g/mol. The summed E-state index contributed by atoms with van der Waals surface area (Å²) in [5, 5.41) is 18.0. The predicted molar refractivity (Wildman–Crippen MR) is 122 cm³/mol. The van der Waals surface area contributed by atoms with E-state index in [2.05, 4.69) is 34.1 Å². The SMILES string of the molecule is CCNC(=NCC1(C)CCCCC1O)N1CCN(Cc2cc(C)on2)CC1.I. The number of piperazine rings is 1. The number of halogens is 1. The van der Waals surface area contributed by atoms with Crippen molar-refractivity contribution in [3.8, 4) is 0 Å². The number of aliphatic imine (C=N–C) groups is 1. The molecular formula is C20H36IN5O2. The van der Waals surface area contributed by atoms with Crippen molar-refractivity contribution in [2.75, 3.05) is 39.3 Å². The molecule has 28 heavy (non-hydrogen) atoms. The van der Waals surface area contributed by atoms with Crippen molar-refractivity contribution >= 4 is 29.9 Å². The van der Waals surface area contributed by atoms with Gasteiger partial charge in [0.05, 0.1) is 18.3 Å². The van der Waals surface area contributed by atoms with Gasteiger partial charge >= 0.3 is 0 Å². The molecule has 2 atom stereocenters. The normalized spacial score (nSPS) is 26.8. The van der Waals surface area contributed by atoms with Crippen molar-refractivity contribution in [1.29, 1.82) is 0 Å². The zero-order valence-electron chi connectivity index (χ0n) is 17.5.